The van der Waals surface area contributed by atoms with E-state index in [4.69, 9.17) is 4.74 Å². The maximum Gasteiger partial charge on any atom is 0.265 e. The van der Waals surface area contributed by atoms with Crippen LogP contribution in [-0.4, -0.2) is 49.0 Å². The summed E-state index contributed by atoms with van der Waals surface area (Å²) in [5, 5.41) is 3.01. The van der Waals surface area contributed by atoms with Gasteiger partial charge >= 0.3 is 0 Å². The summed E-state index contributed by atoms with van der Waals surface area (Å²) in [6.45, 7) is 4.68. The normalized spacial score (nSPS) is 18.4. The Kier molecular flexibility index (Phi) is 6.21. The molecular formula is C24H29N3O3. The summed E-state index contributed by atoms with van der Waals surface area (Å²) in [5.41, 5.74) is 3.11. The van der Waals surface area contributed by atoms with Gasteiger partial charge in [-0.2, -0.15) is 0 Å². The highest BCUT2D eigenvalue weighted by Crippen LogP contribution is 2.33. The number of amides is 2. The molecule has 0 aromatic heterocycles. The van der Waals surface area contributed by atoms with Gasteiger partial charge in [-0.15, -0.1) is 0 Å². The van der Waals surface area contributed by atoms with E-state index in [-0.39, 0.29) is 18.4 Å². The highest BCUT2D eigenvalue weighted by Gasteiger charge is 2.34. The minimum atomic E-state index is -0.581. The lowest BCUT2D eigenvalue weighted by Crippen LogP contribution is -2.53. The second-order valence-electron chi connectivity index (χ2n) is 8.04. The molecular weight excluding hydrogens is 378 g/mol. The van der Waals surface area contributed by atoms with Crippen LogP contribution in [0, 0.1) is 6.92 Å². The third-order valence-corrected chi connectivity index (χ3v) is 5.88. The number of rotatable bonds is 5. The smallest absolute Gasteiger partial charge is 0.265 e. The first-order valence-electron chi connectivity index (χ1n) is 10.7. The van der Waals surface area contributed by atoms with E-state index >= 15 is 0 Å². The molecule has 2 aliphatic rings. The zero-order valence-electron chi connectivity index (χ0n) is 17.5. The molecule has 30 heavy (non-hydrogen) atoms. The molecule has 6 nitrogen and oxygen atoms in total. The van der Waals surface area contributed by atoms with Crippen LogP contribution >= 0.6 is 0 Å². The molecule has 0 bridgehead atoms. The molecule has 158 valence electrons. The molecule has 0 saturated carbocycles. The molecule has 1 N–H and O–H groups in total. The van der Waals surface area contributed by atoms with E-state index in [9.17, 15) is 9.59 Å². The average molecular weight is 408 g/mol. The summed E-state index contributed by atoms with van der Waals surface area (Å²) in [4.78, 5) is 29.6. The molecule has 4 rings (SSSR count). The van der Waals surface area contributed by atoms with Gasteiger partial charge < -0.3 is 19.9 Å². The Bertz CT molecular complexity index is 908. The average Bonchev–Trinajstić information content (AvgIpc) is 2.78. The molecule has 2 aliphatic heterocycles. The maximum absolute atomic E-state index is 13.0. The van der Waals surface area contributed by atoms with E-state index < -0.39 is 6.10 Å². The number of carbonyl (C=O) groups is 2. The fraction of sp³-hybridized carbons (Fsp3) is 0.417. The van der Waals surface area contributed by atoms with Crippen LogP contribution in [0.2, 0.25) is 0 Å². The summed E-state index contributed by atoms with van der Waals surface area (Å²) in [7, 11) is 0. The predicted molar refractivity (Wildman–Crippen MR) is 117 cm³/mol. The van der Waals surface area contributed by atoms with Crippen LogP contribution in [0.5, 0.6) is 5.75 Å². The Labute approximate surface area is 177 Å². The number of hydrogen-bond donors (Lipinski definition) is 1. The Morgan fingerprint density at radius 2 is 1.77 bits per heavy atom. The number of ether oxygens (including phenoxy) is 1. The Hall–Kier alpha value is -3.02. The van der Waals surface area contributed by atoms with Crippen molar-refractivity contribution in [2.45, 2.75) is 38.8 Å². The van der Waals surface area contributed by atoms with Crippen molar-refractivity contribution in [2.75, 3.05) is 31.1 Å². The molecule has 6 heteroatoms. The fourth-order valence-corrected chi connectivity index (χ4v) is 4.13. The van der Waals surface area contributed by atoms with Crippen molar-refractivity contribution in [3.05, 3.63) is 59.7 Å². The number of aryl methyl sites for hydroxylation is 1. The zero-order chi connectivity index (χ0) is 20.9. The minimum Gasteiger partial charge on any atom is -0.477 e. The monoisotopic (exact) mass is 407 g/mol. The summed E-state index contributed by atoms with van der Waals surface area (Å²) >= 11 is 0. The largest absolute Gasteiger partial charge is 0.477 e. The van der Waals surface area contributed by atoms with Gasteiger partial charge in [-0.25, -0.2) is 0 Å². The number of hydrogen-bond acceptors (Lipinski definition) is 4. The van der Waals surface area contributed by atoms with Crippen LogP contribution in [0.1, 0.15) is 30.4 Å². The van der Waals surface area contributed by atoms with Gasteiger partial charge in [0.25, 0.3) is 5.91 Å². The summed E-state index contributed by atoms with van der Waals surface area (Å²) < 4.78 is 6.04. The first-order chi connectivity index (χ1) is 14.6. The van der Waals surface area contributed by atoms with Crippen LogP contribution in [-0.2, 0) is 16.1 Å². The van der Waals surface area contributed by atoms with Gasteiger partial charge in [0.1, 0.15) is 5.75 Å². The van der Waals surface area contributed by atoms with Gasteiger partial charge in [-0.3, -0.25) is 9.59 Å². The lowest BCUT2D eigenvalue weighted by molar-refractivity contribution is -0.139. The number of nitrogens with zero attached hydrogens (tertiary/aromatic N) is 2. The summed E-state index contributed by atoms with van der Waals surface area (Å²) in [6, 6.07) is 15.6. The van der Waals surface area contributed by atoms with Crippen LogP contribution < -0.4 is 15.0 Å². The molecule has 1 saturated heterocycles. The number of likely N-dealkylation sites (tertiary alicyclic amines) is 1. The van der Waals surface area contributed by atoms with Gasteiger partial charge in [0.05, 0.1) is 18.8 Å². The number of para-hydroxylation sites is 2. The van der Waals surface area contributed by atoms with Gasteiger partial charge in [0, 0.05) is 19.6 Å². The van der Waals surface area contributed by atoms with E-state index in [1.54, 1.807) is 0 Å². The lowest BCUT2D eigenvalue weighted by Gasteiger charge is -2.38. The van der Waals surface area contributed by atoms with Crippen molar-refractivity contribution in [1.82, 2.24) is 10.2 Å². The molecule has 2 aromatic rings. The number of carbonyl (C=O) groups excluding carboxylic acids is 2. The Morgan fingerprint density at radius 1 is 1.03 bits per heavy atom. The standard InChI is InChI=1S/C24H29N3O3/c1-18-9-3-4-10-19(18)15-25-23(28)17-27-16-22(24(29)26-13-7-2-8-14-26)30-21-12-6-5-11-20(21)27/h3-6,9-12,22H,2,7-8,13-17H2,1H3,(H,25,28). The van der Waals surface area contributed by atoms with Crippen molar-refractivity contribution >= 4 is 17.5 Å². The van der Waals surface area contributed by atoms with Crippen LogP contribution in [0.3, 0.4) is 0 Å². The van der Waals surface area contributed by atoms with Gasteiger partial charge in [-0.1, -0.05) is 36.4 Å². The number of nitrogens with one attached hydrogen (secondary N) is 1. The molecule has 0 radical (unpaired) electrons. The zero-order valence-corrected chi connectivity index (χ0v) is 17.5. The van der Waals surface area contributed by atoms with Crippen LogP contribution in [0.4, 0.5) is 5.69 Å². The highest BCUT2D eigenvalue weighted by atomic mass is 16.5. The van der Waals surface area contributed by atoms with Crippen molar-refractivity contribution in [3.8, 4) is 5.75 Å². The highest BCUT2D eigenvalue weighted by molar-refractivity contribution is 5.86. The van der Waals surface area contributed by atoms with Crippen molar-refractivity contribution in [1.29, 1.82) is 0 Å². The number of fused-ring (bicyclic) bond motifs is 1. The van der Waals surface area contributed by atoms with Crippen molar-refractivity contribution in [3.63, 3.8) is 0 Å². The van der Waals surface area contributed by atoms with E-state index in [1.165, 1.54) is 6.42 Å². The number of benzene rings is 2. The first kappa shape index (κ1) is 20.3. The molecule has 2 heterocycles. The van der Waals surface area contributed by atoms with E-state index in [0.717, 1.165) is 42.7 Å². The van der Waals surface area contributed by atoms with E-state index in [1.807, 2.05) is 65.3 Å². The lowest BCUT2D eigenvalue weighted by atomic mass is 10.1. The van der Waals surface area contributed by atoms with Crippen molar-refractivity contribution < 1.29 is 14.3 Å². The fourth-order valence-electron chi connectivity index (χ4n) is 4.13. The Morgan fingerprint density at radius 3 is 2.57 bits per heavy atom. The van der Waals surface area contributed by atoms with Gasteiger partial charge in [-0.05, 0) is 49.4 Å². The summed E-state index contributed by atoms with van der Waals surface area (Å²) in [6.07, 6.45) is 2.67. The molecule has 1 unspecified atom stereocenters. The van der Waals surface area contributed by atoms with Gasteiger partial charge in [0.2, 0.25) is 5.91 Å². The van der Waals surface area contributed by atoms with E-state index in [2.05, 4.69) is 5.32 Å². The van der Waals surface area contributed by atoms with E-state index in [0.29, 0.717) is 18.8 Å². The Balaban J connectivity index is 1.43. The molecule has 1 atom stereocenters. The third kappa shape index (κ3) is 4.58. The minimum absolute atomic E-state index is 0.0227. The van der Waals surface area contributed by atoms with Crippen LogP contribution in [0.15, 0.2) is 48.5 Å². The second kappa shape index (κ2) is 9.20. The second-order valence-corrected chi connectivity index (χ2v) is 8.04. The number of anilines is 1. The molecule has 0 aliphatic carbocycles. The molecule has 2 amide bonds. The number of piperidine rings is 1. The molecule has 0 spiro atoms. The maximum atomic E-state index is 13.0. The van der Waals surface area contributed by atoms with Crippen molar-refractivity contribution in [2.24, 2.45) is 0 Å². The predicted octanol–water partition coefficient (Wildman–Crippen LogP) is 2.89. The topological polar surface area (TPSA) is 61.9 Å². The SMILES string of the molecule is Cc1ccccc1CNC(=O)CN1CC(C(=O)N2CCCCC2)Oc2ccccc21. The quantitative estimate of drug-likeness (QED) is 0.828. The first-order valence-corrected chi connectivity index (χ1v) is 10.7. The van der Waals surface area contributed by atoms with Crippen LogP contribution in [0.25, 0.3) is 0 Å². The molecule has 2 aromatic carbocycles. The summed E-state index contributed by atoms with van der Waals surface area (Å²) in [5.74, 6) is 0.611. The molecule has 1 fully saturated rings. The third-order valence-electron chi connectivity index (χ3n) is 5.88. The van der Waals surface area contributed by atoms with Gasteiger partial charge in [0.15, 0.2) is 6.10 Å².